The number of amides is 1. The van der Waals surface area contributed by atoms with E-state index in [4.69, 9.17) is 0 Å². The Kier molecular flexibility index (Phi) is 4.83. The van der Waals surface area contributed by atoms with Gasteiger partial charge in [-0.3, -0.25) is 4.79 Å². The Morgan fingerprint density at radius 2 is 1.88 bits per heavy atom. The Balaban J connectivity index is 1.83. The molecule has 7 nitrogen and oxygen atoms in total. The van der Waals surface area contributed by atoms with E-state index in [0.717, 1.165) is 17.4 Å². The van der Waals surface area contributed by atoms with Gasteiger partial charge in [0.15, 0.2) is 0 Å². The number of hydrogen-bond donors (Lipinski definition) is 1. The van der Waals surface area contributed by atoms with Gasteiger partial charge in [0.1, 0.15) is 6.04 Å². The Bertz CT molecular complexity index is 792. The number of carbonyl (C=O) groups is 2. The number of fused-ring (bicyclic) bond motifs is 1. The predicted molar refractivity (Wildman–Crippen MR) is 91.3 cm³/mol. The lowest BCUT2D eigenvalue weighted by Crippen LogP contribution is -2.53. The first-order valence-electron chi connectivity index (χ1n) is 8.32. The molecule has 3 rings (SSSR count). The zero-order chi connectivity index (χ0) is 18.2. The Hall–Kier alpha value is -1.93. The highest BCUT2D eigenvalue weighted by molar-refractivity contribution is 7.88. The van der Waals surface area contributed by atoms with E-state index >= 15 is 0 Å². The van der Waals surface area contributed by atoms with Crippen molar-refractivity contribution >= 4 is 21.9 Å². The number of piperidine rings is 1. The van der Waals surface area contributed by atoms with Crippen LogP contribution in [0, 0.1) is 5.92 Å². The largest absolute Gasteiger partial charge is 0.480 e. The molecule has 0 spiro atoms. The van der Waals surface area contributed by atoms with Crippen LogP contribution in [0.15, 0.2) is 24.3 Å². The summed E-state index contributed by atoms with van der Waals surface area (Å²) in [5, 5.41) is 9.56. The number of carbonyl (C=O) groups excluding carboxylic acids is 1. The zero-order valence-corrected chi connectivity index (χ0v) is 14.9. The van der Waals surface area contributed by atoms with Crippen molar-refractivity contribution in [2.75, 3.05) is 19.3 Å². The number of sulfonamides is 1. The predicted octanol–water partition coefficient (Wildman–Crippen LogP) is 0.696. The molecule has 0 aromatic heterocycles. The van der Waals surface area contributed by atoms with Crippen LogP contribution in [-0.2, 0) is 32.6 Å². The molecule has 1 N–H and O–H groups in total. The van der Waals surface area contributed by atoms with Crippen LogP contribution >= 0.6 is 0 Å². The molecular weight excluding hydrogens is 344 g/mol. The summed E-state index contributed by atoms with van der Waals surface area (Å²) in [5.41, 5.74) is 1.89. The molecule has 2 aliphatic rings. The van der Waals surface area contributed by atoms with Crippen LogP contribution in [0.25, 0.3) is 0 Å². The second-order valence-corrected chi connectivity index (χ2v) is 8.74. The average molecular weight is 366 g/mol. The average Bonchev–Trinajstić information content (AvgIpc) is 2.59. The zero-order valence-electron chi connectivity index (χ0n) is 14.1. The molecule has 1 saturated heterocycles. The van der Waals surface area contributed by atoms with Gasteiger partial charge in [-0.1, -0.05) is 24.3 Å². The third-order valence-electron chi connectivity index (χ3n) is 5.02. The molecule has 2 aliphatic heterocycles. The fraction of sp³-hybridized carbons (Fsp3) is 0.529. The number of rotatable bonds is 3. The molecular formula is C17H22N2O5S. The van der Waals surface area contributed by atoms with E-state index in [1.807, 2.05) is 24.3 Å². The number of aliphatic carboxylic acids is 1. The van der Waals surface area contributed by atoms with Crippen LogP contribution < -0.4 is 0 Å². The van der Waals surface area contributed by atoms with Crippen molar-refractivity contribution in [3.63, 3.8) is 0 Å². The normalized spacial score (nSPS) is 24.6. The lowest BCUT2D eigenvalue weighted by molar-refractivity contribution is -0.153. The summed E-state index contributed by atoms with van der Waals surface area (Å²) >= 11 is 0. The van der Waals surface area contributed by atoms with E-state index in [1.54, 1.807) is 0 Å². The molecule has 136 valence electrons. The molecule has 1 amide bonds. The van der Waals surface area contributed by atoms with Gasteiger partial charge < -0.3 is 10.0 Å². The maximum Gasteiger partial charge on any atom is 0.326 e. The van der Waals surface area contributed by atoms with Crippen LogP contribution in [0.3, 0.4) is 0 Å². The highest BCUT2D eigenvalue weighted by Crippen LogP contribution is 2.28. The third-order valence-corrected chi connectivity index (χ3v) is 6.29. The van der Waals surface area contributed by atoms with Crippen molar-refractivity contribution in [1.29, 1.82) is 0 Å². The summed E-state index contributed by atoms with van der Waals surface area (Å²) < 4.78 is 24.9. The summed E-state index contributed by atoms with van der Waals surface area (Å²) in [6.07, 6.45) is 2.60. The van der Waals surface area contributed by atoms with Crippen molar-refractivity contribution in [2.24, 2.45) is 5.92 Å². The number of hydrogen-bond acceptors (Lipinski definition) is 4. The SMILES string of the molecule is CS(=O)(=O)N1CCC[C@H](C(=O)N2Cc3ccccc3C[C@@H]2C(=O)O)C1. The summed E-state index contributed by atoms with van der Waals surface area (Å²) in [5.74, 6) is -1.79. The fourth-order valence-electron chi connectivity index (χ4n) is 3.65. The van der Waals surface area contributed by atoms with Crippen LogP contribution in [0.5, 0.6) is 0 Å². The van der Waals surface area contributed by atoms with E-state index in [1.165, 1.54) is 9.21 Å². The van der Waals surface area contributed by atoms with E-state index in [9.17, 15) is 23.1 Å². The standard InChI is InChI=1S/C17H22N2O5S/c1-25(23,24)18-8-4-7-14(10-18)16(20)19-11-13-6-3-2-5-12(13)9-15(19)17(21)22/h2-3,5-6,14-15H,4,7-11H2,1H3,(H,21,22)/t14-,15+/m0/s1. The number of carboxylic acid groups (broad SMARTS) is 1. The fourth-order valence-corrected chi connectivity index (χ4v) is 4.57. The van der Waals surface area contributed by atoms with Crippen LogP contribution in [-0.4, -0.2) is 60.0 Å². The number of nitrogens with zero attached hydrogens (tertiary/aromatic N) is 2. The molecule has 1 fully saturated rings. The third kappa shape index (κ3) is 3.69. The van der Waals surface area contributed by atoms with E-state index in [0.29, 0.717) is 19.4 Å². The summed E-state index contributed by atoms with van der Waals surface area (Å²) in [6, 6.07) is 6.61. The number of benzene rings is 1. The van der Waals surface area contributed by atoms with Crippen molar-refractivity contribution < 1.29 is 23.1 Å². The first kappa shape index (κ1) is 17.9. The first-order valence-corrected chi connectivity index (χ1v) is 10.2. The molecule has 0 radical (unpaired) electrons. The molecule has 2 heterocycles. The molecule has 1 aromatic rings. The van der Waals surface area contributed by atoms with E-state index in [2.05, 4.69) is 0 Å². The van der Waals surface area contributed by atoms with Crippen molar-refractivity contribution in [3.8, 4) is 0 Å². The summed E-state index contributed by atoms with van der Waals surface area (Å²) in [7, 11) is -3.36. The van der Waals surface area contributed by atoms with Gasteiger partial charge in [0, 0.05) is 26.1 Å². The van der Waals surface area contributed by atoms with Gasteiger partial charge in [-0.2, -0.15) is 0 Å². The monoisotopic (exact) mass is 366 g/mol. The lowest BCUT2D eigenvalue weighted by atomic mass is 9.91. The van der Waals surface area contributed by atoms with E-state index in [-0.39, 0.29) is 25.4 Å². The highest BCUT2D eigenvalue weighted by atomic mass is 32.2. The van der Waals surface area contributed by atoms with Gasteiger partial charge in [-0.25, -0.2) is 17.5 Å². The molecule has 0 bridgehead atoms. The van der Waals surface area contributed by atoms with Gasteiger partial charge in [-0.15, -0.1) is 0 Å². The minimum absolute atomic E-state index is 0.127. The highest BCUT2D eigenvalue weighted by Gasteiger charge is 2.39. The Morgan fingerprint density at radius 1 is 1.20 bits per heavy atom. The molecule has 1 aromatic carbocycles. The van der Waals surface area contributed by atoms with Crippen molar-refractivity contribution in [1.82, 2.24) is 9.21 Å². The van der Waals surface area contributed by atoms with Gasteiger partial charge in [0.2, 0.25) is 15.9 Å². The Morgan fingerprint density at radius 3 is 2.52 bits per heavy atom. The first-order chi connectivity index (χ1) is 11.8. The molecule has 2 atom stereocenters. The summed E-state index contributed by atoms with van der Waals surface area (Å²) in [4.78, 5) is 26.1. The maximum atomic E-state index is 13.0. The molecule has 0 unspecified atom stereocenters. The lowest BCUT2D eigenvalue weighted by Gasteiger charge is -2.39. The van der Waals surface area contributed by atoms with Gasteiger partial charge >= 0.3 is 5.97 Å². The summed E-state index contributed by atoms with van der Waals surface area (Å²) in [6.45, 7) is 0.789. The van der Waals surface area contributed by atoms with Crippen molar-refractivity contribution in [2.45, 2.75) is 31.8 Å². The van der Waals surface area contributed by atoms with Gasteiger partial charge in [0.25, 0.3) is 0 Å². The molecule has 25 heavy (non-hydrogen) atoms. The van der Waals surface area contributed by atoms with E-state index < -0.39 is 28.0 Å². The van der Waals surface area contributed by atoms with Gasteiger partial charge in [0.05, 0.1) is 12.2 Å². The topological polar surface area (TPSA) is 95.0 Å². The molecule has 0 aliphatic carbocycles. The van der Waals surface area contributed by atoms with Crippen LogP contribution in [0.1, 0.15) is 24.0 Å². The van der Waals surface area contributed by atoms with Gasteiger partial charge in [-0.05, 0) is 24.0 Å². The molecule has 0 saturated carbocycles. The minimum atomic E-state index is -3.36. The number of carboxylic acids is 1. The van der Waals surface area contributed by atoms with Crippen LogP contribution in [0.4, 0.5) is 0 Å². The molecule has 8 heteroatoms. The smallest absolute Gasteiger partial charge is 0.326 e. The quantitative estimate of drug-likeness (QED) is 0.849. The maximum absolute atomic E-state index is 13.0. The van der Waals surface area contributed by atoms with Crippen LogP contribution in [0.2, 0.25) is 0 Å². The second-order valence-electron chi connectivity index (χ2n) is 6.75. The Labute approximate surface area is 147 Å². The minimum Gasteiger partial charge on any atom is -0.480 e. The second kappa shape index (κ2) is 6.76. The van der Waals surface area contributed by atoms with Crippen molar-refractivity contribution in [3.05, 3.63) is 35.4 Å².